The molecule has 92 valence electrons. The van der Waals surface area contributed by atoms with Gasteiger partial charge in [-0.25, -0.2) is 0 Å². The van der Waals surface area contributed by atoms with Crippen LogP contribution >= 0.6 is 0 Å². The molecule has 2 nitrogen and oxygen atoms in total. The van der Waals surface area contributed by atoms with Crippen molar-refractivity contribution >= 4 is 0 Å². The van der Waals surface area contributed by atoms with Crippen molar-refractivity contribution in [2.24, 2.45) is 11.8 Å². The molecule has 2 bridgehead atoms. The number of hydrogen-bond acceptors (Lipinski definition) is 2. The first-order valence-electron chi connectivity index (χ1n) is 7.27. The maximum atomic E-state index is 3.57. The number of hydrogen-bond donors (Lipinski definition) is 1. The second kappa shape index (κ2) is 4.66. The minimum atomic E-state index is 0.931. The highest BCUT2D eigenvalue weighted by Gasteiger charge is 2.40. The molecule has 0 aliphatic carbocycles. The van der Waals surface area contributed by atoms with Crippen molar-refractivity contribution in [3.8, 4) is 0 Å². The minimum Gasteiger partial charge on any atom is -0.316 e. The molecule has 1 N–H and O–H groups in total. The smallest absolute Gasteiger partial charge is 0.0124 e. The second-order valence-electron chi connectivity index (χ2n) is 6.25. The molecule has 3 aliphatic heterocycles. The topological polar surface area (TPSA) is 15.3 Å². The Morgan fingerprint density at radius 3 is 2.81 bits per heavy atom. The molecule has 0 amide bonds. The molecule has 0 aromatic rings. The van der Waals surface area contributed by atoms with Crippen molar-refractivity contribution in [2.45, 2.75) is 57.0 Å². The Morgan fingerprint density at radius 2 is 2.00 bits per heavy atom. The third kappa shape index (κ3) is 2.02. The number of fused-ring (bicyclic) bond motifs is 2. The maximum Gasteiger partial charge on any atom is 0.0124 e. The molecule has 3 heterocycles. The molecule has 16 heavy (non-hydrogen) atoms. The summed E-state index contributed by atoms with van der Waals surface area (Å²) in [6.45, 7) is 2.54. The Balaban J connectivity index is 1.57. The summed E-state index contributed by atoms with van der Waals surface area (Å²) in [4.78, 5) is 2.70. The summed E-state index contributed by atoms with van der Waals surface area (Å²) in [7, 11) is 2.37. The van der Waals surface area contributed by atoms with Crippen molar-refractivity contribution in [3.05, 3.63) is 0 Å². The zero-order valence-electron chi connectivity index (χ0n) is 10.6. The zero-order chi connectivity index (χ0) is 11.0. The van der Waals surface area contributed by atoms with Gasteiger partial charge in [-0.05, 0) is 76.9 Å². The first kappa shape index (κ1) is 11.0. The van der Waals surface area contributed by atoms with Crippen molar-refractivity contribution in [2.75, 3.05) is 20.1 Å². The van der Waals surface area contributed by atoms with E-state index >= 15 is 0 Å². The molecular weight excluding hydrogens is 196 g/mol. The van der Waals surface area contributed by atoms with Gasteiger partial charge in [0.2, 0.25) is 0 Å². The van der Waals surface area contributed by atoms with Crippen LogP contribution < -0.4 is 5.32 Å². The van der Waals surface area contributed by atoms with E-state index in [9.17, 15) is 0 Å². The van der Waals surface area contributed by atoms with Gasteiger partial charge in [-0.2, -0.15) is 0 Å². The van der Waals surface area contributed by atoms with E-state index in [1.807, 2.05) is 0 Å². The van der Waals surface area contributed by atoms with Crippen LogP contribution in [-0.4, -0.2) is 37.1 Å². The Morgan fingerprint density at radius 1 is 1.12 bits per heavy atom. The summed E-state index contributed by atoms with van der Waals surface area (Å²) < 4.78 is 0. The lowest BCUT2D eigenvalue weighted by Gasteiger charge is -2.39. The molecule has 0 unspecified atom stereocenters. The van der Waals surface area contributed by atoms with Crippen LogP contribution in [0.1, 0.15) is 44.9 Å². The molecule has 0 aromatic carbocycles. The lowest BCUT2D eigenvalue weighted by Crippen LogP contribution is -2.43. The number of nitrogens with one attached hydrogen (secondary N) is 1. The molecule has 3 rings (SSSR count). The third-order valence-electron chi connectivity index (χ3n) is 5.34. The maximum absolute atomic E-state index is 3.57. The van der Waals surface area contributed by atoms with E-state index in [-0.39, 0.29) is 0 Å². The Labute approximate surface area is 99.8 Å². The molecule has 3 saturated heterocycles. The average Bonchev–Trinajstić information content (AvgIpc) is 2.55. The van der Waals surface area contributed by atoms with Gasteiger partial charge in [0.15, 0.2) is 0 Å². The fraction of sp³-hybridized carbons (Fsp3) is 1.00. The number of piperidine rings is 2. The van der Waals surface area contributed by atoms with E-state index in [0.29, 0.717) is 0 Å². The molecule has 3 fully saturated rings. The van der Waals surface area contributed by atoms with Gasteiger partial charge in [0, 0.05) is 12.1 Å². The van der Waals surface area contributed by atoms with Crippen LogP contribution in [0.15, 0.2) is 0 Å². The minimum absolute atomic E-state index is 0.931. The fourth-order valence-electron chi connectivity index (χ4n) is 4.38. The summed E-state index contributed by atoms with van der Waals surface area (Å²) >= 11 is 0. The van der Waals surface area contributed by atoms with Crippen LogP contribution in [0.5, 0.6) is 0 Å². The van der Waals surface area contributed by atoms with Crippen molar-refractivity contribution in [1.82, 2.24) is 10.2 Å². The van der Waals surface area contributed by atoms with Gasteiger partial charge in [-0.1, -0.05) is 0 Å². The Hall–Kier alpha value is -0.0800. The van der Waals surface area contributed by atoms with Gasteiger partial charge in [0.05, 0.1) is 0 Å². The summed E-state index contributed by atoms with van der Waals surface area (Å²) in [6.07, 6.45) is 10.3. The summed E-state index contributed by atoms with van der Waals surface area (Å²) in [5.74, 6) is 1.98. The van der Waals surface area contributed by atoms with Crippen molar-refractivity contribution < 1.29 is 0 Å². The molecule has 0 spiro atoms. The molecule has 3 aliphatic rings. The van der Waals surface area contributed by atoms with E-state index in [4.69, 9.17) is 0 Å². The largest absolute Gasteiger partial charge is 0.316 e. The molecule has 0 saturated carbocycles. The highest BCUT2D eigenvalue weighted by molar-refractivity contribution is 4.95. The quantitative estimate of drug-likeness (QED) is 0.771. The zero-order valence-corrected chi connectivity index (χ0v) is 10.6. The molecule has 0 radical (unpaired) electrons. The molecule has 4 atom stereocenters. The SMILES string of the molecule is CN1[C@H]2CC[C@@H](C[C@H]3CCCNC3)[C@H]1CC2. The first-order valence-corrected chi connectivity index (χ1v) is 7.27. The lowest BCUT2D eigenvalue weighted by atomic mass is 9.81. The highest BCUT2D eigenvalue weighted by Crippen LogP contribution is 2.41. The third-order valence-corrected chi connectivity index (χ3v) is 5.34. The van der Waals surface area contributed by atoms with E-state index in [1.54, 1.807) is 0 Å². The summed E-state index contributed by atoms with van der Waals surface area (Å²) in [6, 6.07) is 1.87. The van der Waals surface area contributed by atoms with Gasteiger partial charge >= 0.3 is 0 Å². The van der Waals surface area contributed by atoms with Crippen molar-refractivity contribution in [1.29, 1.82) is 0 Å². The second-order valence-corrected chi connectivity index (χ2v) is 6.25. The average molecular weight is 222 g/mol. The van der Waals surface area contributed by atoms with Crippen LogP contribution in [0, 0.1) is 11.8 Å². The predicted octanol–water partition coefficient (Wildman–Crippen LogP) is 2.25. The van der Waals surface area contributed by atoms with Crippen LogP contribution in [0.25, 0.3) is 0 Å². The molecule has 0 aromatic heterocycles. The highest BCUT2D eigenvalue weighted by atomic mass is 15.2. The van der Waals surface area contributed by atoms with E-state index in [2.05, 4.69) is 17.3 Å². The van der Waals surface area contributed by atoms with E-state index < -0.39 is 0 Å². The lowest BCUT2D eigenvalue weighted by molar-refractivity contribution is 0.100. The van der Waals surface area contributed by atoms with E-state index in [1.165, 1.54) is 58.0 Å². The van der Waals surface area contributed by atoms with Crippen LogP contribution in [0.3, 0.4) is 0 Å². The van der Waals surface area contributed by atoms with Crippen LogP contribution in [0.2, 0.25) is 0 Å². The van der Waals surface area contributed by atoms with E-state index in [0.717, 1.165) is 23.9 Å². The normalized spacial score (nSPS) is 44.8. The van der Waals surface area contributed by atoms with Gasteiger partial charge < -0.3 is 10.2 Å². The van der Waals surface area contributed by atoms with Gasteiger partial charge in [-0.15, -0.1) is 0 Å². The van der Waals surface area contributed by atoms with Crippen LogP contribution in [0.4, 0.5) is 0 Å². The fourth-order valence-corrected chi connectivity index (χ4v) is 4.38. The molecular formula is C14H26N2. The number of nitrogens with zero attached hydrogens (tertiary/aromatic N) is 1. The predicted molar refractivity (Wildman–Crippen MR) is 67.5 cm³/mol. The van der Waals surface area contributed by atoms with Crippen molar-refractivity contribution in [3.63, 3.8) is 0 Å². The standard InChI is InChI=1S/C14H26N2/c1-16-13-5-4-12(14(16)7-6-13)9-11-3-2-8-15-10-11/h11-15H,2-10H2,1H3/t11-,12+,13+,14-/m1/s1. The first-order chi connectivity index (χ1) is 7.84. The van der Waals surface area contributed by atoms with Crippen LogP contribution in [-0.2, 0) is 0 Å². The van der Waals surface area contributed by atoms with Gasteiger partial charge in [0.25, 0.3) is 0 Å². The van der Waals surface area contributed by atoms with Gasteiger partial charge in [0.1, 0.15) is 0 Å². The summed E-state index contributed by atoms with van der Waals surface area (Å²) in [5, 5.41) is 3.57. The monoisotopic (exact) mass is 222 g/mol. The Bertz CT molecular complexity index is 235. The number of rotatable bonds is 2. The molecule has 2 heteroatoms. The Kier molecular flexibility index (Phi) is 3.21. The summed E-state index contributed by atoms with van der Waals surface area (Å²) in [5.41, 5.74) is 0. The van der Waals surface area contributed by atoms with Gasteiger partial charge in [-0.3, -0.25) is 0 Å².